The molecule has 6 N–H and O–H groups in total. The molecule has 204 valence electrons. The number of amides is 1. The largest absolute Gasteiger partial charge is 0.391 e. The molecule has 0 bridgehead atoms. The Kier molecular flexibility index (Phi) is 9.28. The summed E-state index contributed by atoms with van der Waals surface area (Å²) in [4.78, 5) is 43.5. The number of carbonyl (C=O) groups excluding carboxylic acids is 3. The normalized spacial score (nSPS) is 25.9. The molecule has 9 heteroatoms. The van der Waals surface area contributed by atoms with Crippen LogP contribution in [0.15, 0.2) is 42.6 Å². The van der Waals surface area contributed by atoms with Gasteiger partial charge in [-0.15, -0.1) is 0 Å². The Morgan fingerprint density at radius 2 is 1.68 bits per heavy atom. The molecular formula is C28H42N4O5. The highest BCUT2D eigenvalue weighted by molar-refractivity contribution is 5.91. The number of nitrogens with zero attached hydrogens (tertiary/aromatic N) is 2. The van der Waals surface area contributed by atoms with Crippen LogP contribution in [0.3, 0.4) is 0 Å². The average molecular weight is 515 g/mol. The summed E-state index contributed by atoms with van der Waals surface area (Å²) in [5.74, 6) is -1.27. The molecule has 0 aromatic heterocycles. The predicted molar refractivity (Wildman–Crippen MR) is 141 cm³/mol. The predicted octanol–water partition coefficient (Wildman–Crippen LogP) is 1.07. The van der Waals surface area contributed by atoms with Crippen molar-refractivity contribution >= 4 is 17.5 Å². The van der Waals surface area contributed by atoms with Crippen molar-refractivity contribution in [3.8, 4) is 0 Å². The fraction of sp³-hybridized carbons (Fsp3) is 0.607. The standard InChI is InChI=1S/C28H42N4O5/c1-17(23-12-8-14-31(23)27(37)26(30)19(3)34)32-15-9-13-28(32,20(4)35)22(21-10-6-5-7-11-21)16-24(36)25(29)18(2)33/h5-7,10-11,18-19,22-23,25-26,33-34H,1,8-9,12-16,29-30H2,2-4H3. The number of Topliss-reactive ketones (excluding diaryl/α,β-unsaturated/α-hetero) is 2. The van der Waals surface area contributed by atoms with E-state index in [1.807, 2.05) is 35.2 Å². The van der Waals surface area contributed by atoms with Gasteiger partial charge < -0.3 is 31.5 Å². The number of nitrogens with two attached hydrogens (primary N) is 2. The number of likely N-dealkylation sites (tertiary alicyclic amines) is 2. The highest BCUT2D eigenvalue weighted by atomic mass is 16.3. The molecule has 0 spiro atoms. The number of benzene rings is 1. The average Bonchev–Trinajstić information content (AvgIpc) is 3.54. The smallest absolute Gasteiger partial charge is 0.242 e. The molecule has 37 heavy (non-hydrogen) atoms. The third-order valence-corrected chi connectivity index (χ3v) is 8.18. The molecule has 3 rings (SSSR count). The zero-order valence-electron chi connectivity index (χ0n) is 22.2. The number of hydrogen-bond acceptors (Lipinski definition) is 8. The van der Waals surface area contributed by atoms with E-state index in [-0.39, 0.29) is 29.9 Å². The van der Waals surface area contributed by atoms with Gasteiger partial charge in [0.1, 0.15) is 11.6 Å². The van der Waals surface area contributed by atoms with E-state index in [1.54, 1.807) is 11.8 Å². The van der Waals surface area contributed by atoms with Crippen LogP contribution in [-0.2, 0) is 14.4 Å². The lowest BCUT2D eigenvalue weighted by molar-refractivity contribution is -0.135. The Bertz CT molecular complexity index is 998. The maximum absolute atomic E-state index is 13.6. The van der Waals surface area contributed by atoms with Crippen LogP contribution in [0.4, 0.5) is 0 Å². The molecule has 1 aromatic carbocycles. The lowest BCUT2D eigenvalue weighted by Crippen LogP contribution is -2.58. The molecule has 2 aliphatic rings. The number of rotatable bonds is 11. The second-order valence-corrected chi connectivity index (χ2v) is 10.6. The van der Waals surface area contributed by atoms with Gasteiger partial charge in [0, 0.05) is 31.1 Å². The molecule has 2 heterocycles. The summed E-state index contributed by atoms with van der Waals surface area (Å²) in [5, 5.41) is 19.9. The molecule has 7 atom stereocenters. The highest BCUT2D eigenvalue weighted by Gasteiger charge is 2.54. The number of aliphatic hydroxyl groups excluding tert-OH is 2. The van der Waals surface area contributed by atoms with E-state index in [2.05, 4.69) is 6.58 Å². The van der Waals surface area contributed by atoms with E-state index in [0.717, 1.165) is 12.0 Å². The number of carbonyl (C=O) groups is 3. The summed E-state index contributed by atoms with van der Waals surface area (Å²) < 4.78 is 0. The van der Waals surface area contributed by atoms with Gasteiger partial charge in [-0.05, 0) is 52.0 Å². The second-order valence-electron chi connectivity index (χ2n) is 10.6. The molecule has 1 amide bonds. The Balaban J connectivity index is 2.03. The van der Waals surface area contributed by atoms with Crippen molar-refractivity contribution in [2.45, 2.75) is 94.7 Å². The van der Waals surface area contributed by atoms with E-state index < -0.39 is 35.7 Å². The van der Waals surface area contributed by atoms with Crippen LogP contribution in [0.1, 0.15) is 64.4 Å². The first kappa shape index (κ1) is 29.0. The SMILES string of the molecule is C=C(C1CCCN1C(=O)C(N)C(C)O)N1CCCC1(C(C)=O)C(CC(=O)C(N)C(C)O)c1ccccc1. The Hall–Kier alpha value is -2.59. The molecule has 0 radical (unpaired) electrons. The summed E-state index contributed by atoms with van der Waals surface area (Å²) in [7, 11) is 0. The molecule has 2 aliphatic heterocycles. The molecule has 1 aromatic rings. The van der Waals surface area contributed by atoms with Gasteiger partial charge in [-0.2, -0.15) is 0 Å². The molecule has 2 saturated heterocycles. The fourth-order valence-corrected chi connectivity index (χ4v) is 6.02. The summed E-state index contributed by atoms with van der Waals surface area (Å²) in [6, 6.07) is 6.98. The molecule has 7 unspecified atom stereocenters. The van der Waals surface area contributed by atoms with E-state index in [9.17, 15) is 24.6 Å². The Morgan fingerprint density at radius 3 is 2.24 bits per heavy atom. The Labute approximate surface area is 219 Å². The van der Waals surface area contributed by atoms with Crippen LogP contribution in [0.2, 0.25) is 0 Å². The summed E-state index contributed by atoms with van der Waals surface area (Å²) in [6.45, 7) is 9.94. The van der Waals surface area contributed by atoms with Crippen LogP contribution in [0.25, 0.3) is 0 Å². The lowest BCUT2D eigenvalue weighted by atomic mass is 9.71. The molecule has 2 fully saturated rings. The van der Waals surface area contributed by atoms with E-state index >= 15 is 0 Å². The minimum Gasteiger partial charge on any atom is -0.391 e. The van der Waals surface area contributed by atoms with Crippen molar-refractivity contribution in [3.05, 3.63) is 48.2 Å². The number of hydrogen-bond donors (Lipinski definition) is 4. The highest BCUT2D eigenvalue weighted by Crippen LogP contribution is 2.47. The third kappa shape index (κ3) is 5.65. The first-order valence-corrected chi connectivity index (χ1v) is 13.2. The van der Waals surface area contributed by atoms with Gasteiger partial charge >= 0.3 is 0 Å². The minimum absolute atomic E-state index is 0.0142. The van der Waals surface area contributed by atoms with Crippen LogP contribution in [0, 0.1) is 0 Å². The lowest BCUT2D eigenvalue weighted by Gasteiger charge is -2.47. The van der Waals surface area contributed by atoms with Gasteiger partial charge in [0.15, 0.2) is 11.6 Å². The van der Waals surface area contributed by atoms with Gasteiger partial charge in [0.2, 0.25) is 5.91 Å². The van der Waals surface area contributed by atoms with Crippen LogP contribution in [-0.4, -0.2) is 86.4 Å². The van der Waals surface area contributed by atoms with Gasteiger partial charge in [0.25, 0.3) is 0 Å². The first-order chi connectivity index (χ1) is 17.4. The van der Waals surface area contributed by atoms with E-state index in [0.29, 0.717) is 38.0 Å². The minimum atomic E-state index is -1.06. The zero-order valence-corrected chi connectivity index (χ0v) is 22.2. The quantitative estimate of drug-likeness (QED) is 0.343. The zero-order chi connectivity index (χ0) is 27.5. The van der Waals surface area contributed by atoms with Crippen LogP contribution < -0.4 is 11.5 Å². The van der Waals surface area contributed by atoms with Crippen molar-refractivity contribution < 1.29 is 24.6 Å². The van der Waals surface area contributed by atoms with Crippen molar-refractivity contribution in [1.82, 2.24) is 9.80 Å². The third-order valence-electron chi connectivity index (χ3n) is 8.18. The topological polar surface area (TPSA) is 150 Å². The van der Waals surface area contributed by atoms with E-state index in [4.69, 9.17) is 11.5 Å². The van der Waals surface area contributed by atoms with E-state index in [1.165, 1.54) is 13.8 Å². The Morgan fingerprint density at radius 1 is 1.05 bits per heavy atom. The number of aliphatic hydroxyl groups is 2. The second kappa shape index (κ2) is 11.9. The molecule has 0 aliphatic carbocycles. The summed E-state index contributed by atoms with van der Waals surface area (Å²) in [5.41, 5.74) is 12.4. The van der Waals surface area contributed by atoms with Crippen molar-refractivity contribution in [1.29, 1.82) is 0 Å². The maximum atomic E-state index is 13.6. The van der Waals surface area contributed by atoms with Crippen LogP contribution >= 0.6 is 0 Å². The van der Waals surface area contributed by atoms with Crippen molar-refractivity contribution in [2.24, 2.45) is 11.5 Å². The molecule has 9 nitrogen and oxygen atoms in total. The maximum Gasteiger partial charge on any atom is 0.242 e. The molecular weight excluding hydrogens is 472 g/mol. The monoisotopic (exact) mass is 514 g/mol. The first-order valence-electron chi connectivity index (χ1n) is 13.2. The summed E-state index contributed by atoms with van der Waals surface area (Å²) in [6.07, 6.45) is 0.647. The van der Waals surface area contributed by atoms with Crippen molar-refractivity contribution in [3.63, 3.8) is 0 Å². The van der Waals surface area contributed by atoms with Gasteiger partial charge in [0.05, 0.1) is 24.3 Å². The summed E-state index contributed by atoms with van der Waals surface area (Å²) >= 11 is 0. The number of ketones is 2. The van der Waals surface area contributed by atoms with Crippen molar-refractivity contribution in [2.75, 3.05) is 13.1 Å². The van der Waals surface area contributed by atoms with Gasteiger partial charge in [-0.3, -0.25) is 14.4 Å². The molecule has 0 saturated carbocycles. The van der Waals surface area contributed by atoms with Crippen LogP contribution in [0.5, 0.6) is 0 Å². The fourth-order valence-electron chi connectivity index (χ4n) is 6.02. The van der Waals surface area contributed by atoms with Gasteiger partial charge in [-0.25, -0.2) is 0 Å². The van der Waals surface area contributed by atoms with Gasteiger partial charge in [-0.1, -0.05) is 36.9 Å².